The maximum absolute atomic E-state index is 12.2. The lowest BCUT2D eigenvalue weighted by Gasteiger charge is -2.18. The van der Waals surface area contributed by atoms with Crippen LogP contribution in [-0.2, 0) is 0 Å². The van der Waals surface area contributed by atoms with E-state index in [0.29, 0.717) is 35.8 Å². The van der Waals surface area contributed by atoms with Crippen molar-refractivity contribution in [3.8, 4) is 11.5 Å². The summed E-state index contributed by atoms with van der Waals surface area (Å²) < 4.78 is 10.9. The van der Waals surface area contributed by atoms with Crippen LogP contribution in [0.2, 0.25) is 0 Å². The number of amides is 2. The highest BCUT2D eigenvalue weighted by Gasteiger charge is 2.16. The van der Waals surface area contributed by atoms with E-state index in [1.165, 1.54) is 0 Å². The Balaban J connectivity index is 1.67. The van der Waals surface area contributed by atoms with Gasteiger partial charge in [0, 0.05) is 11.1 Å². The predicted molar refractivity (Wildman–Crippen MR) is 88.3 cm³/mol. The first-order valence-electron chi connectivity index (χ1n) is 7.63. The average Bonchev–Trinajstić information content (AvgIpc) is 2.61. The highest BCUT2D eigenvalue weighted by molar-refractivity contribution is 6.00. The molecule has 1 aliphatic rings. The predicted octanol–water partition coefficient (Wildman–Crippen LogP) is 2.15. The normalized spacial score (nSPS) is 12.4. The van der Waals surface area contributed by atoms with Crippen molar-refractivity contribution in [1.82, 2.24) is 10.9 Å². The van der Waals surface area contributed by atoms with Gasteiger partial charge in [-0.05, 0) is 49.2 Å². The van der Waals surface area contributed by atoms with Crippen LogP contribution in [0.15, 0.2) is 36.4 Å². The maximum atomic E-state index is 12.2. The first-order chi connectivity index (χ1) is 11.6. The van der Waals surface area contributed by atoms with Gasteiger partial charge in [-0.15, -0.1) is 0 Å². The number of hydrazine groups is 1. The van der Waals surface area contributed by atoms with Crippen LogP contribution in [0, 0.1) is 13.8 Å². The van der Waals surface area contributed by atoms with Gasteiger partial charge in [0.05, 0.1) is 0 Å². The van der Waals surface area contributed by atoms with Crippen molar-refractivity contribution in [3.05, 3.63) is 58.7 Å². The van der Waals surface area contributed by atoms with Gasteiger partial charge in [0.2, 0.25) is 0 Å². The molecule has 1 aliphatic heterocycles. The summed E-state index contributed by atoms with van der Waals surface area (Å²) >= 11 is 0. The molecule has 2 amide bonds. The number of fused-ring (bicyclic) bond motifs is 1. The van der Waals surface area contributed by atoms with E-state index in [-0.39, 0.29) is 5.91 Å². The first kappa shape index (κ1) is 15.9. The van der Waals surface area contributed by atoms with E-state index in [0.717, 1.165) is 11.1 Å². The number of rotatable bonds is 2. The number of aryl methyl sites for hydroxylation is 1. The van der Waals surface area contributed by atoms with Crippen LogP contribution in [0.1, 0.15) is 31.8 Å². The zero-order valence-electron chi connectivity index (χ0n) is 13.5. The second-order valence-corrected chi connectivity index (χ2v) is 5.51. The smallest absolute Gasteiger partial charge is 0.269 e. The number of benzene rings is 2. The number of carbonyl (C=O) groups is 2. The van der Waals surface area contributed by atoms with E-state index in [9.17, 15) is 9.59 Å². The highest BCUT2D eigenvalue weighted by atomic mass is 16.6. The summed E-state index contributed by atoms with van der Waals surface area (Å²) in [6, 6.07) is 10.3. The van der Waals surface area contributed by atoms with E-state index >= 15 is 0 Å². The molecule has 0 spiro atoms. The summed E-state index contributed by atoms with van der Waals surface area (Å²) in [6.07, 6.45) is 0. The monoisotopic (exact) mass is 326 g/mol. The summed E-state index contributed by atoms with van der Waals surface area (Å²) in [5.41, 5.74) is 7.64. The molecule has 2 aromatic rings. The second-order valence-electron chi connectivity index (χ2n) is 5.51. The molecule has 0 bridgehead atoms. The maximum Gasteiger partial charge on any atom is 0.269 e. The number of hydrogen-bond donors (Lipinski definition) is 2. The van der Waals surface area contributed by atoms with E-state index in [1.54, 1.807) is 30.3 Å². The molecule has 6 nitrogen and oxygen atoms in total. The van der Waals surface area contributed by atoms with Crippen molar-refractivity contribution >= 4 is 11.8 Å². The Morgan fingerprint density at radius 1 is 0.917 bits per heavy atom. The van der Waals surface area contributed by atoms with Gasteiger partial charge in [-0.3, -0.25) is 20.4 Å². The third kappa shape index (κ3) is 3.17. The molecule has 124 valence electrons. The SMILES string of the molecule is Cc1cccc(C(=O)NNC(=O)c2ccc3c(c2)OCCO3)c1C. The zero-order chi connectivity index (χ0) is 17.1. The van der Waals surface area contributed by atoms with Gasteiger partial charge in [-0.1, -0.05) is 12.1 Å². The number of hydrogen-bond acceptors (Lipinski definition) is 4. The fourth-order valence-electron chi connectivity index (χ4n) is 2.43. The minimum absolute atomic E-state index is 0.359. The number of nitrogens with one attached hydrogen (secondary N) is 2. The third-order valence-corrected chi connectivity index (χ3v) is 3.94. The van der Waals surface area contributed by atoms with Crippen LogP contribution in [0.3, 0.4) is 0 Å². The molecule has 3 rings (SSSR count). The quantitative estimate of drug-likeness (QED) is 0.829. The Labute approximate surface area is 139 Å². The minimum atomic E-state index is -0.425. The molecule has 0 radical (unpaired) electrons. The molecule has 6 heteroatoms. The molecule has 0 saturated carbocycles. The largest absolute Gasteiger partial charge is 0.486 e. The third-order valence-electron chi connectivity index (χ3n) is 3.94. The highest BCUT2D eigenvalue weighted by Crippen LogP contribution is 2.30. The van der Waals surface area contributed by atoms with Crippen molar-refractivity contribution in [2.75, 3.05) is 13.2 Å². The van der Waals surface area contributed by atoms with E-state index in [4.69, 9.17) is 9.47 Å². The molecule has 0 atom stereocenters. The van der Waals surface area contributed by atoms with Crippen molar-refractivity contribution in [2.24, 2.45) is 0 Å². The zero-order valence-corrected chi connectivity index (χ0v) is 13.5. The van der Waals surface area contributed by atoms with Gasteiger partial charge >= 0.3 is 0 Å². The summed E-state index contributed by atoms with van der Waals surface area (Å²) in [5.74, 6) is 0.347. The molecule has 0 saturated heterocycles. The molecule has 2 N–H and O–H groups in total. The summed E-state index contributed by atoms with van der Waals surface area (Å²) in [7, 11) is 0. The Hall–Kier alpha value is -3.02. The lowest BCUT2D eigenvalue weighted by atomic mass is 10.0. The summed E-state index contributed by atoms with van der Waals surface area (Å²) in [6.45, 7) is 4.73. The fourth-order valence-corrected chi connectivity index (χ4v) is 2.43. The molecule has 0 unspecified atom stereocenters. The average molecular weight is 326 g/mol. The molecule has 1 heterocycles. The van der Waals surface area contributed by atoms with Gasteiger partial charge in [0.25, 0.3) is 11.8 Å². The molecular formula is C18H18N2O4. The van der Waals surface area contributed by atoms with Crippen LogP contribution in [0.25, 0.3) is 0 Å². The van der Waals surface area contributed by atoms with E-state index in [1.807, 2.05) is 19.9 Å². The Kier molecular flexibility index (Phi) is 4.37. The standard InChI is InChI=1S/C18H18N2O4/c1-11-4-3-5-14(12(11)2)18(22)20-19-17(21)13-6-7-15-16(10-13)24-9-8-23-15/h3-7,10H,8-9H2,1-2H3,(H,19,21)(H,20,22). The Bertz CT molecular complexity index is 802. The van der Waals surface area contributed by atoms with Gasteiger partial charge in [-0.2, -0.15) is 0 Å². The van der Waals surface area contributed by atoms with Crippen molar-refractivity contribution in [3.63, 3.8) is 0 Å². The van der Waals surface area contributed by atoms with Crippen LogP contribution in [0.5, 0.6) is 11.5 Å². The Morgan fingerprint density at radius 3 is 2.42 bits per heavy atom. The van der Waals surface area contributed by atoms with Gasteiger partial charge in [0.15, 0.2) is 11.5 Å². The number of ether oxygens (including phenoxy) is 2. The lowest BCUT2D eigenvalue weighted by molar-refractivity contribution is 0.0845. The molecule has 0 fully saturated rings. The second kappa shape index (κ2) is 6.62. The first-order valence-corrected chi connectivity index (χ1v) is 7.63. The van der Waals surface area contributed by atoms with Crippen molar-refractivity contribution < 1.29 is 19.1 Å². The molecule has 24 heavy (non-hydrogen) atoms. The van der Waals surface area contributed by atoms with Gasteiger partial charge in [-0.25, -0.2) is 0 Å². The summed E-state index contributed by atoms with van der Waals surface area (Å²) in [4.78, 5) is 24.4. The summed E-state index contributed by atoms with van der Waals surface area (Å²) in [5, 5.41) is 0. The topological polar surface area (TPSA) is 76.7 Å². The molecule has 0 aliphatic carbocycles. The van der Waals surface area contributed by atoms with Crippen LogP contribution in [-0.4, -0.2) is 25.0 Å². The lowest BCUT2D eigenvalue weighted by Crippen LogP contribution is -2.42. The molecule has 0 aromatic heterocycles. The number of carbonyl (C=O) groups excluding carboxylic acids is 2. The molecule has 2 aromatic carbocycles. The van der Waals surface area contributed by atoms with Gasteiger partial charge < -0.3 is 9.47 Å². The van der Waals surface area contributed by atoms with Crippen LogP contribution in [0.4, 0.5) is 0 Å². The molecular weight excluding hydrogens is 308 g/mol. The Morgan fingerprint density at radius 2 is 1.62 bits per heavy atom. The minimum Gasteiger partial charge on any atom is -0.486 e. The van der Waals surface area contributed by atoms with E-state index in [2.05, 4.69) is 10.9 Å². The fraction of sp³-hybridized carbons (Fsp3) is 0.222. The van der Waals surface area contributed by atoms with Crippen molar-refractivity contribution in [2.45, 2.75) is 13.8 Å². The van der Waals surface area contributed by atoms with Crippen LogP contribution < -0.4 is 20.3 Å². The van der Waals surface area contributed by atoms with Gasteiger partial charge in [0.1, 0.15) is 13.2 Å². The van der Waals surface area contributed by atoms with Crippen LogP contribution >= 0.6 is 0 Å². The van der Waals surface area contributed by atoms with Crippen molar-refractivity contribution in [1.29, 1.82) is 0 Å². The van der Waals surface area contributed by atoms with E-state index < -0.39 is 5.91 Å².